The Morgan fingerprint density at radius 1 is 1.64 bits per heavy atom. The standard InChI is InChI=1S/C10H12FNO2/c1-7-4-8(2-3-9(7)11)10(5-13)12-6-14/h2-4,6,10,13H,5H2,1H3,(H,12,14). The van der Waals surface area contributed by atoms with E-state index in [0.717, 1.165) is 0 Å². The minimum absolute atomic E-state index is 0.205. The van der Waals surface area contributed by atoms with Gasteiger partial charge in [0.25, 0.3) is 0 Å². The summed E-state index contributed by atoms with van der Waals surface area (Å²) in [5.41, 5.74) is 1.19. The molecule has 1 unspecified atom stereocenters. The van der Waals surface area contributed by atoms with E-state index in [4.69, 9.17) is 5.11 Å². The Morgan fingerprint density at radius 3 is 2.86 bits per heavy atom. The molecule has 0 spiro atoms. The van der Waals surface area contributed by atoms with E-state index in [1.165, 1.54) is 6.07 Å². The van der Waals surface area contributed by atoms with Crippen LogP contribution in [-0.2, 0) is 4.79 Å². The van der Waals surface area contributed by atoms with E-state index in [-0.39, 0.29) is 12.4 Å². The normalized spacial score (nSPS) is 12.2. The van der Waals surface area contributed by atoms with Crippen molar-refractivity contribution in [2.24, 2.45) is 0 Å². The minimum Gasteiger partial charge on any atom is -0.394 e. The summed E-state index contributed by atoms with van der Waals surface area (Å²) in [6.45, 7) is 1.43. The molecule has 0 aliphatic rings. The molecular weight excluding hydrogens is 185 g/mol. The quantitative estimate of drug-likeness (QED) is 0.705. The van der Waals surface area contributed by atoms with Crippen molar-refractivity contribution in [2.75, 3.05) is 6.61 Å². The van der Waals surface area contributed by atoms with Crippen molar-refractivity contribution in [1.29, 1.82) is 0 Å². The van der Waals surface area contributed by atoms with Gasteiger partial charge in [-0.25, -0.2) is 4.39 Å². The molecule has 76 valence electrons. The molecule has 0 radical (unpaired) electrons. The molecule has 0 aromatic heterocycles. The highest BCUT2D eigenvalue weighted by Crippen LogP contribution is 2.15. The molecule has 4 heteroatoms. The maximum Gasteiger partial charge on any atom is 0.207 e. The first-order valence-electron chi connectivity index (χ1n) is 4.25. The van der Waals surface area contributed by atoms with Crippen LogP contribution < -0.4 is 5.32 Å². The fourth-order valence-corrected chi connectivity index (χ4v) is 1.22. The molecular formula is C10H12FNO2. The number of amides is 1. The number of aliphatic hydroxyl groups is 1. The van der Waals surface area contributed by atoms with E-state index in [1.807, 2.05) is 0 Å². The van der Waals surface area contributed by atoms with Crippen molar-refractivity contribution in [3.63, 3.8) is 0 Å². The smallest absolute Gasteiger partial charge is 0.207 e. The van der Waals surface area contributed by atoms with Crippen molar-refractivity contribution < 1.29 is 14.3 Å². The van der Waals surface area contributed by atoms with Gasteiger partial charge in [-0.1, -0.05) is 12.1 Å². The Balaban J connectivity index is 2.93. The maximum atomic E-state index is 12.9. The van der Waals surface area contributed by atoms with Gasteiger partial charge in [0.05, 0.1) is 12.6 Å². The summed E-state index contributed by atoms with van der Waals surface area (Å²) in [5, 5.41) is 11.4. The number of nitrogens with one attached hydrogen (secondary N) is 1. The second kappa shape index (κ2) is 4.72. The van der Waals surface area contributed by atoms with Gasteiger partial charge in [-0.3, -0.25) is 4.79 Å². The molecule has 0 saturated heterocycles. The van der Waals surface area contributed by atoms with Crippen LogP contribution in [0.3, 0.4) is 0 Å². The number of halogens is 1. The fourth-order valence-electron chi connectivity index (χ4n) is 1.22. The molecule has 1 atom stereocenters. The summed E-state index contributed by atoms with van der Waals surface area (Å²) in [6.07, 6.45) is 0.513. The van der Waals surface area contributed by atoms with Crippen LogP contribution in [0.4, 0.5) is 4.39 Å². The highest BCUT2D eigenvalue weighted by Gasteiger charge is 2.09. The summed E-state index contributed by atoms with van der Waals surface area (Å²) < 4.78 is 12.9. The summed E-state index contributed by atoms with van der Waals surface area (Å²) in [5.74, 6) is -0.295. The molecule has 0 aliphatic heterocycles. The van der Waals surface area contributed by atoms with Crippen LogP contribution in [0.1, 0.15) is 17.2 Å². The first-order valence-corrected chi connectivity index (χ1v) is 4.25. The molecule has 0 heterocycles. The van der Waals surface area contributed by atoms with Crippen molar-refractivity contribution in [1.82, 2.24) is 5.32 Å². The highest BCUT2D eigenvalue weighted by molar-refractivity contribution is 5.48. The topological polar surface area (TPSA) is 49.3 Å². The van der Waals surface area contributed by atoms with Crippen molar-refractivity contribution in [3.8, 4) is 0 Å². The lowest BCUT2D eigenvalue weighted by Gasteiger charge is -2.13. The van der Waals surface area contributed by atoms with Crippen LogP contribution in [0, 0.1) is 12.7 Å². The number of rotatable bonds is 4. The molecule has 14 heavy (non-hydrogen) atoms. The number of aryl methyl sites for hydroxylation is 1. The lowest BCUT2D eigenvalue weighted by atomic mass is 10.0. The minimum atomic E-state index is -0.466. The van der Waals surface area contributed by atoms with Gasteiger partial charge in [0.2, 0.25) is 6.41 Å². The molecule has 1 aromatic rings. The number of carbonyl (C=O) groups is 1. The van der Waals surface area contributed by atoms with Crippen molar-refractivity contribution in [2.45, 2.75) is 13.0 Å². The number of carbonyl (C=O) groups excluding carboxylic acids is 1. The summed E-state index contributed by atoms with van der Waals surface area (Å²) >= 11 is 0. The van der Waals surface area contributed by atoms with E-state index in [1.54, 1.807) is 19.1 Å². The SMILES string of the molecule is Cc1cc(C(CO)NC=O)ccc1F. The average molecular weight is 197 g/mol. The van der Waals surface area contributed by atoms with Gasteiger partial charge in [-0.15, -0.1) is 0 Å². The van der Waals surface area contributed by atoms with Crippen LogP contribution in [0.25, 0.3) is 0 Å². The number of benzene rings is 1. The van der Waals surface area contributed by atoms with Crippen LogP contribution in [0.2, 0.25) is 0 Å². The molecule has 1 rings (SSSR count). The molecule has 0 fully saturated rings. The zero-order chi connectivity index (χ0) is 10.6. The van der Waals surface area contributed by atoms with Crippen LogP contribution in [0.15, 0.2) is 18.2 Å². The number of aliphatic hydroxyl groups excluding tert-OH is 1. The predicted molar refractivity (Wildman–Crippen MR) is 50.2 cm³/mol. The average Bonchev–Trinajstić information content (AvgIpc) is 2.19. The Labute approximate surface area is 81.6 Å². The third-order valence-corrected chi connectivity index (χ3v) is 2.04. The van der Waals surface area contributed by atoms with Gasteiger partial charge < -0.3 is 10.4 Å². The lowest BCUT2D eigenvalue weighted by molar-refractivity contribution is -0.110. The Hall–Kier alpha value is -1.42. The molecule has 3 nitrogen and oxygen atoms in total. The summed E-state index contributed by atoms with van der Waals surface area (Å²) in [6, 6.07) is 4.00. The van der Waals surface area contributed by atoms with E-state index < -0.39 is 6.04 Å². The van der Waals surface area contributed by atoms with Gasteiger partial charge in [0.15, 0.2) is 0 Å². The van der Waals surface area contributed by atoms with E-state index in [2.05, 4.69) is 5.32 Å². The molecule has 1 aromatic carbocycles. The first-order chi connectivity index (χ1) is 6.69. The molecule has 0 bridgehead atoms. The Bertz CT molecular complexity index is 328. The molecule has 0 aliphatic carbocycles. The largest absolute Gasteiger partial charge is 0.394 e. The maximum absolute atomic E-state index is 12.9. The molecule has 0 saturated carbocycles. The van der Waals surface area contributed by atoms with Gasteiger partial charge in [0, 0.05) is 0 Å². The Kier molecular flexibility index (Phi) is 3.59. The van der Waals surface area contributed by atoms with Crippen molar-refractivity contribution >= 4 is 6.41 Å². The summed E-state index contributed by atoms with van der Waals surface area (Å²) in [4.78, 5) is 10.2. The Morgan fingerprint density at radius 2 is 2.36 bits per heavy atom. The van der Waals surface area contributed by atoms with Gasteiger partial charge in [-0.05, 0) is 24.1 Å². The van der Waals surface area contributed by atoms with Crippen molar-refractivity contribution in [3.05, 3.63) is 35.1 Å². The summed E-state index contributed by atoms with van der Waals surface area (Å²) in [7, 11) is 0. The third kappa shape index (κ3) is 2.29. The van der Waals surface area contributed by atoms with E-state index >= 15 is 0 Å². The third-order valence-electron chi connectivity index (χ3n) is 2.04. The predicted octanol–water partition coefficient (Wildman–Crippen LogP) is 0.914. The van der Waals surface area contributed by atoms with Gasteiger partial charge in [0.1, 0.15) is 5.82 Å². The first kappa shape index (κ1) is 10.7. The number of hydrogen-bond acceptors (Lipinski definition) is 2. The lowest BCUT2D eigenvalue weighted by Crippen LogP contribution is -2.22. The fraction of sp³-hybridized carbons (Fsp3) is 0.300. The van der Waals surface area contributed by atoms with E-state index in [0.29, 0.717) is 17.5 Å². The molecule has 2 N–H and O–H groups in total. The van der Waals surface area contributed by atoms with Crippen LogP contribution in [0.5, 0.6) is 0 Å². The second-order valence-electron chi connectivity index (χ2n) is 3.03. The van der Waals surface area contributed by atoms with Gasteiger partial charge >= 0.3 is 0 Å². The van der Waals surface area contributed by atoms with E-state index in [9.17, 15) is 9.18 Å². The zero-order valence-corrected chi connectivity index (χ0v) is 7.83. The monoisotopic (exact) mass is 197 g/mol. The highest BCUT2D eigenvalue weighted by atomic mass is 19.1. The second-order valence-corrected chi connectivity index (χ2v) is 3.03. The van der Waals surface area contributed by atoms with Crippen LogP contribution in [-0.4, -0.2) is 18.1 Å². The van der Waals surface area contributed by atoms with Gasteiger partial charge in [-0.2, -0.15) is 0 Å². The molecule has 1 amide bonds. The number of hydrogen-bond donors (Lipinski definition) is 2. The van der Waals surface area contributed by atoms with Crippen LogP contribution >= 0.6 is 0 Å². The zero-order valence-electron chi connectivity index (χ0n) is 7.83.